The van der Waals surface area contributed by atoms with Crippen molar-refractivity contribution in [2.75, 3.05) is 11.1 Å². The quantitative estimate of drug-likeness (QED) is 0.632. The lowest BCUT2D eigenvalue weighted by molar-refractivity contribution is -0.113. The van der Waals surface area contributed by atoms with Crippen molar-refractivity contribution >= 4 is 50.9 Å². The fourth-order valence-corrected chi connectivity index (χ4v) is 3.84. The van der Waals surface area contributed by atoms with Gasteiger partial charge in [0.2, 0.25) is 5.91 Å². The van der Waals surface area contributed by atoms with E-state index in [1.807, 2.05) is 13.0 Å². The number of hydrogen-bond donors (Lipinski definition) is 1. The molecule has 2 rings (SSSR count). The van der Waals surface area contributed by atoms with Crippen LogP contribution in [0.15, 0.2) is 27.8 Å². The van der Waals surface area contributed by atoms with Crippen molar-refractivity contribution in [2.24, 2.45) is 5.92 Å². The van der Waals surface area contributed by atoms with Crippen molar-refractivity contribution in [1.29, 1.82) is 0 Å². The van der Waals surface area contributed by atoms with Crippen molar-refractivity contribution < 1.29 is 4.79 Å². The molecule has 0 aliphatic heterocycles. The van der Waals surface area contributed by atoms with Gasteiger partial charge in [0.15, 0.2) is 5.16 Å². The highest BCUT2D eigenvalue weighted by Crippen LogP contribution is 2.27. The maximum atomic E-state index is 12.2. The molecule has 24 heavy (non-hydrogen) atoms. The monoisotopic (exact) mass is 429 g/mol. The van der Waals surface area contributed by atoms with Crippen LogP contribution in [0.25, 0.3) is 0 Å². The van der Waals surface area contributed by atoms with Crippen molar-refractivity contribution in [1.82, 2.24) is 9.55 Å². The largest absolute Gasteiger partial charge is 0.324 e. The van der Waals surface area contributed by atoms with Crippen LogP contribution in [-0.4, -0.2) is 21.2 Å². The smallest absolute Gasteiger partial charge is 0.234 e. The van der Waals surface area contributed by atoms with Crippen molar-refractivity contribution in [2.45, 2.75) is 39.4 Å². The summed E-state index contributed by atoms with van der Waals surface area (Å²) in [6, 6.07) is 5.38. The summed E-state index contributed by atoms with van der Waals surface area (Å²) in [7, 11) is 0. The van der Waals surface area contributed by atoms with Crippen LogP contribution in [0.5, 0.6) is 0 Å². The van der Waals surface area contributed by atoms with Gasteiger partial charge in [-0.15, -0.1) is 0 Å². The van der Waals surface area contributed by atoms with E-state index in [-0.39, 0.29) is 5.91 Å². The average molecular weight is 431 g/mol. The lowest BCUT2D eigenvalue weighted by atomic mass is 10.2. The summed E-state index contributed by atoms with van der Waals surface area (Å²) in [6.07, 6.45) is 0. The summed E-state index contributed by atoms with van der Waals surface area (Å²) in [6.45, 7) is 9.31. The molecule has 0 unspecified atom stereocenters. The summed E-state index contributed by atoms with van der Waals surface area (Å²) in [5.74, 6) is 0.714. The molecule has 1 aromatic carbocycles. The second-order valence-electron chi connectivity index (χ2n) is 6.03. The minimum absolute atomic E-state index is 0.0985. The number of aryl methyl sites for hydroxylation is 1. The number of carbonyl (C=O) groups excluding carboxylic acids is 1. The third kappa shape index (κ3) is 5.01. The molecule has 4 nitrogen and oxygen atoms in total. The molecule has 1 N–H and O–H groups in total. The predicted octanol–water partition coefficient (Wildman–Crippen LogP) is 5.30. The summed E-state index contributed by atoms with van der Waals surface area (Å²) in [5.41, 5.74) is 2.78. The Balaban J connectivity index is 2.02. The fraction of sp³-hybridized carbons (Fsp3) is 0.412. The van der Waals surface area contributed by atoms with Gasteiger partial charge in [-0.3, -0.25) is 4.79 Å². The van der Waals surface area contributed by atoms with Crippen LogP contribution < -0.4 is 5.32 Å². The Morgan fingerprint density at radius 2 is 2.12 bits per heavy atom. The van der Waals surface area contributed by atoms with Gasteiger partial charge in [-0.1, -0.05) is 53.1 Å². The van der Waals surface area contributed by atoms with Gasteiger partial charge >= 0.3 is 0 Å². The highest BCUT2D eigenvalue weighted by molar-refractivity contribution is 9.10. The van der Waals surface area contributed by atoms with E-state index in [9.17, 15) is 4.79 Å². The van der Waals surface area contributed by atoms with Gasteiger partial charge in [-0.2, -0.15) is 0 Å². The zero-order valence-electron chi connectivity index (χ0n) is 14.2. The van der Waals surface area contributed by atoms with Crippen LogP contribution >= 0.6 is 39.3 Å². The molecule has 0 aliphatic rings. The van der Waals surface area contributed by atoms with Gasteiger partial charge in [0.25, 0.3) is 0 Å². The first kappa shape index (κ1) is 19.3. The summed E-state index contributed by atoms with van der Waals surface area (Å²) in [4.78, 5) is 16.8. The third-order valence-corrected chi connectivity index (χ3v) is 5.29. The van der Waals surface area contributed by atoms with Gasteiger partial charge in [0, 0.05) is 16.7 Å². The Hall–Kier alpha value is -0.980. The Kier molecular flexibility index (Phi) is 6.78. The van der Waals surface area contributed by atoms with E-state index in [4.69, 9.17) is 11.6 Å². The van der Waals surface area contributed by atoms with Gasteiger partial charge in [-0.25, -0.2) is 4.98 Å². The Morgan fingerprint density at radius 3 is 2.75 bits per heavy atom. The minimum atomic E-state index is -0.0985. The number of imidazole rings is 1. The molecule has 1 amide bonds. The second-order valence-corrected chi connectivity index (χ2v) is 8.30. The van der Waals surface area contributed by atoms with E-state index in [0.29, 0.717) is 22.4 Å². The Bertz CT molecular complexity index is 746. The molecular formula is C17H21BrClN3OS. The molecule has 0 saturated heterocycles. The summed E-state index contributed by atoms with van der Waals surface area (Å²) < 4.78 is 3.06. The number of aromatic nitrogens is 2. The topological polar surface area (TPSA) is 46.9 Å². The number of hydrogen-bond acceptors (Lipinski definition) is 3. The van der Waals surface area contributed by atoms with E-state index in [1.165, 1.54) is 11.8 Å². The molecule has 0 spiro atoms. The number of carbonyl (C=O) groups is 1. The van der Waals surface area contributed by atoms with E-state index >= 15 is 0 Å². The average Bonchev–Trinajstić information content (AvgIpc) is 2.75. The molecule has 7 heteroatoms. The number of thioether (sulfide) groups is 1. The molecule has 1 aromatic heterocycles. The molecule has 0 radical (unpaired) electrons. The lowest BCUT2D eigenvalue weighted by Crippen LogP contribution is -2.15. The van der Waals surface area contributed by atoms with Crippen LogP contribution in [0, 0.1) is 19.8 Å². The van der Waals surface area contributed by atoms with E-state index in [2.05, 4.69) is 51.6 Å². The fourth-order valence-electron chi connectivity index (χ4n) is 2.22. The second kappa shape index (κ2) is 8.41. The zero-order chi connectivity index (χ0) is 17.9. The van der Waals surface area contributed by atoms with Crippen LogP contribution in [0.4, 0.5) is 5.69 Å². The first-order valence-electron chi connectivity index (χ1n) is 7.69. The van der Waals surface area contributed by atoms with Crippen LogP contribution in [0.1, 0.15) is 25.2 Å². The minimum Gasteiger partial charge on any atom is -0.324 e. The standard InChI is InChI=1S/C17H21BrClN3OS/c1-10(2)8-22-12(4)11(3)20-17(22)24-9-16(23)21-15-6-5-13(18)7-14(15)19/h5-7,10H,8-9H2,1-4H3,(H,21,23). The van der Waals surface area contributed by atoms with Crippen molar-refractivity contribution in [3.63, 3.8) is 0 Å². The number of nitrogens with one attached hydrogen (secondary N) is 1. The molecule has 0 atom stereocenters. The van der Waals surface area contributed by atoms with Gasteiger partial charge in [0.1, 0.15) is 0 Å². The van der Waals surface area contributed by atoms with E-state index in [0.717, 1.165) is 27.6 Å². The Morgan fingerprint density at radius 1 is 1.42 bits per heavy atom. The highest BCUT2D eigenvalue weighted by Gasteiger charge is 2.15. The highest BCUT2D eigenvalue weighted by atomic mass is 79.9. The molecule has 0 aliphatic carbocycles. The zero-order valence-corrected chi connectivity index (χ0v) is 17.3. The van der Waals surface area contributed by atoms with Crippen LogP contribution in [0.3, 0.4) is 0 Å². The van der Waals surface area contributed by atoms with Crippen molar-refractivity contribution in [3.05, 3.63) is 39.1 Å². The van der Waals surface area contributed by atoms with Gasteiger partial charge in [0.05, 0.1) is 22.2 Å². The summed E-state index contributed by atoms with van der Waals surface area (Å²) in [5, 5.41) is 4.23. The molecule has 0 fully saturated rings. The number of amides is 1. The number of anilines is 1. The SMILES string of the molecule is Cc1nc(SCC(=O)Nc2ccc(Br)cc2Cl)n(CC(C)C)c1C. The lowest BCUT2D eigenvalue weighted by Gasteiger charge is -2.12. The van der Waals surface area contributed by atoms with Gasteiger partial charge in [-0.05, 0) is 38.0 Å². The number of nitrogens with zero attached hydrogens (tertiary/aromatic N) is 2. The molecule has 1 heterocycles. The van der Waals surface area contributed by atoms with Crippen LogP contribution in [0.2, 0.25) is 5.02 Å². The first-order chi connectivity index (χ1) is 11.3. The van der Waals surface area contributed by atoms with E-state index in [1.54, 1.807) is 12.1 Å². The maximum absolute atomic E-state index is 12.2. The maximum Gasteiger partial charge on any atom is 0.234 e. The Labute approximate surface area is 160 Å². The molecule has 130 valence electrons. The number of rotatable bonds is 6. The predicted molar refractivity (Wildman–Crippen MR) is 105 cm³/mol. The normalized spacial score (nSPS) is 11.1. The third-order valence-electron chi connectivity index (χ3n) is 3.51. The number of halogens is 2. The molecule has 0 bridgehead atoms. The molecule has 0 saturated carbocycles. The molecule has 2 aromatic rings. The summed E-state index contributed by atoms with van der Waals surface area (Å²) >= 11 is 10.9. The van der Waals surface area contributed by atoms with E-state index < -0.39 is 0 Å². The van der Waals surface area contributed by atoms with Crippen molar-refractivity contribution in [3.8, 4) is 0 Å². The molecular weight excluding hydrogens is 410 g/mol. The van der Waals surface area contributed by atoms with Crippen LogP contribution in [-0.2, 0) is 11.3 Å². The number of benzene rings is 1. The van der Waals surface area contributed by atoms with Gasteiger partial charge < -0.3 is 9.88 Å². The first-order valence-corrected chi connectivity index (χ1v) is 9.85.